The minimum atomic E-state index is -1.01. The molecule has 6 atom stereocenters. The van der Waals surface area contributed by atoms with Crippen LogP contribution in [-0.2, 0) is 18.9 Å². The lowest BCUT2D eigenvalue weighted by atomic mass is 9.83. The summed E-state index contributed by atoms with van der Waals surface area (Å²) in [6, 6.07) is 8.89. The molecular weight excluding hydrogens is 384 g/mol. The maximum Gasteiger partial charge on any atom is 0.338 e. The molecule has 2 saturated heterocycles. The highest BCUT2D eigenvalue weighted by atomic mass is 16.7. The largest absolute Gasteiger partial charge is 0.449 e. The Morgan fingerprint density at radius 1 is 1.27 bits per heavy atom. The summed E-state index contributed by atoms with van der Waals surface area (Å²) in [6.45, 7) is 2.37. The molecule has 0 amide bonds. The van der Waals surface area contributed by atoms with Crippen LogP contribution in [-0.4, -0.2) is 53.5 Å². The van der Waals surface area contributed by atoms with Crippen molar-refractivity contribution in [3.63, 3.8) is 0 Å². The molecule has 0 aliphatic carbocycles. The van der Waals surface area contributed by atoms with Crippen LogP contribution in [0.4, 0.5) is 0 Å². The van der Waals surface area contributed by atoms with E-state index in [2.05, 4.69) is 5.92 Å². The van der Waals surface area contributed by atoms with Gasteiger partial charge in [-0.3, -0.25) is 0 Å². The fraction of sp³-hybridized carbons (Fsp3) is 0.542. The molecule has 0 bridgehead atoms. The van der Waals surface area contributed by atoms with E-state index >= 15 is 0 Å². The Morgan fingerprint density at radius 2 is 2.03 bits per heavy atom. The first-order valence-electron chi connectivity index (χ1n) is 10.6. The fourth-order valence-corrected chi connectivity index (χ4v) is 4.52. The molecule has 6 heteroatoms. The zero-order valence-electron chi connectivity index (χ0n) is 17.2. The van der Waals surface area contributed by atoms with E-state index in [-0.39, 0.29) is 12.2 Å². The van der Waals surface area contributed by atoms with Gasteiger partial charge in [0.25, 0.3) is 0 Å². The van der Waals surface area contributed by atoms with Crippen molar-refractivity contribution in [2.24, 2.45) is 0 Å². The molecule has 0 radical (unpaired) electrons. The van der Waals surface area contributed by atoms with Crippen molar-refractivity contribution >= 4 is 5.97 Å². The van der Waals surface area contributed by atoms with Crippen molar-refractivity contribution in [1.29, 1.82) is 0 Å². The van der Waals surface area contributed by atoms with Crippen molar-refractivity contribution in [3.8, 4) is 12.3 Å². The number of ether oxygens (including phenoxy) is 4. The number of esters is 1. The van der Waals surface area contributed by atoms with Gasteiger partial charge < -0.3 is 24.1 Å². The van der Waals surface area contributed by atoms with Crippen LogP contribution in [0, 0.1) is 12.3 Å². The Bertz CT molecular complexity index is 830. The van der Waals surface area contributed by atoms with Crippen LogP contribution < -0.4 is 0 Å². The molecule has 0 saturated carbocycles. The summed E-state index contributed by atoms with van der Waals surface area (Å²) in [5.74, 6) is 1.22. The van der Waals surface area contributed by atoms with Gasteiger partial charge in [0.05, 0.1) is 24.4 Å². The molecule has 1 unspecified atom stereocenters. The molecule has 2 fully saturated rings. The first kappa shape index (κ1) is 21.1. The Hall–Kier alpha value is -2.17. The second-order valence-electron chi connectivity index (χ2n) is 8.21. The van der Waals surface area contributed by atoms with Crippen molar-refractivity contribution in [2.75, 3.05) is 6.61 Å². The van der Waals surface area contributed by atoms with Gasteiger partial charge in [-0.2, -0.15) is 0 Å². The molecule has 1 aromatic carbocycles. The van der Waals surface area contributed by atoms with Crippen LogP contribution in [0.3, 0.4) is 0 Å². The highest BCUT2D eigenvalue weighted by Gasteiger charge is 2.54. The van der Waals surface area contributed by atoms with E-state index in [1.807, 2.05) is 25.1 Å². The minimum absolute atomic E-state index is 0.199. The molecule has 30 heavy (non-hydrogen) atoms. The van der Waals surface area contributed by atoms with Gasteiger partial charge in [-0.05, 0) is 31.1 Å². The molecule has 6 nitrogen and oxygen atoms in total. The predicted octanol–water partition coefficient (Wildman–Crippen LogP) is 2.73. The summed E-state index contributed by atoms with van der Waals surface area (Å²) in [5, 5.41) is 8.57. The van der Waals surface area contributed by atoms with E-state index in [0.29, 0.717) is 44.3 Å². The van der Waals surface area contributed by atoms with Gasteiger partial charge in [0, 0.05) is 19.3 Å². The summed E-state index contributed by atoms with van der Waals surface area (Å²) in [6.07, 6.45) is 11.1. The number of terminal acetylenes is 1. The molecule has 0 aromatic heterocycles. The first-order chi connectivity index (χ1) is 14.5. The zero-order chi connectivity index (χ0) is 21.2. The van der Waals surface area contributed by atoms with E-state index in [4.69, 9.17) is 30.5 Å². The molecule has 3 aliphatic rings. The van der Waals surface area contributed by atoms with Crippen molar-refractivity contribution in [1.82, 2.24) is 0 Å². The van der Waals surface area contributed by atoms with Crippen LogP contribution in [0.5, 0.6) is 0 Å². The van der Waals surface area contributed by atoms with Crippen molar-refractivity contribution in [3.05, 3.63) is 48.0 Å². The second kappa shape index (κ2) is 8.52. The lowest BCUT2D eigenvalue weighted by Gasteiger charge is -2.41. The highest BCUT2D eigenvalue weighted by Crippen LogP contribution is 2.43. The van der Waals surface area contributed by atoms with Crippen LogP contribution in [0.2, 0.25) is 0 Å². The Kier molecular flexibility index (Phi) is 5.99. The van der Waals surface area contributed by atoms with Crippen LogP contribution in [0.15, 0.2) is 42.5 Å². The van der Waals surface area contributed by atoms with Gasteiger partial charge in [-0.1, -0.05) is 37.1 Å². The van der Waals surface area contributed by atoms with E-state index in [1.54, 1.807) is 24.3 Å². The predicted molar refractivity (Wildman–Crippen MR) is 111 cm³/mol. The summed E-state index contributed by atoms with van der Waals surface area (Å²) < 4.78 is 24.2. The third-order valence-electron chi connectivity index (χ3n) is 6.42. The monoisotopic (exact) mass is 413 g/mol. The van der Waals surface area contributed by atoms with Crippen molar-refractivity contribution < 1.29 is 28.8 Å². The molecule has 3 aliphatic heterocycles. The lowest BCUT2D eigenvalue weighted by molar-refractivity contribution is -0.281. The number of hydrogen-bond acceptors (Lipinski definition) is 5. The van der Waals surface area contributed by atoms with E-state index in [1.165, 1.54) is 0 Å². The normalized spacial score (nSPS) is 38.3. The first-order valence-corrected chi connectivity index (χ1v) is 10.6. The minimum Gasteiger partial charge on any atom is -0.449 e. The Labute approximate surface area is 177 Å². The van der Waals surface area contributed by atoms with E-state index < -0.39 is 29.6 Å². The van der Waals surface area contributed by atoms with Gasteiger partial charge in [0.2, 0.25) is 11.4 Å². The number of hydrogen-bond donors (Lipinski definition) is 0. The highest BCUT2D eigenvalue weighted by molar-refractivity contribution is 5.89. The van der Waals surface area contributed by atoms with Gasteiger partial charge in [0.1, 0.15) is 0 Å². The summed E-state index contributed by atoms with van der Waals surface area (Å²) >= 11 is 0. The van der Waals surface area contributed by atoms with E-state index in [0.717, 1.165) is 0 Å². The standard InChI is InChI=1S/C24H28O6/c1-3-20-23(26,4-2)14-12-18(28-20)19-13-15-24(30-19)21(11-8-16-27-24)29-22(25)17-9-6-5-7-10-17/h1,5-11,18-21,26H,4,12-16H2,2H3/p+1/t18-,19?,20+,21+,23-,24-/m1/s1. The fourth-order valence-electron chi connectivity index (χ4n) is 4.52. The summed E-state index contributed by atoms with van der Waals surface area (Å²) in [7, 11) is 0. The average Bonchev–Trinajstić information content (AvgIpc) is 3.21. The van der Waals surface area contributed by atoms with Gasteiger partial charge >= 0.3 is 5.97 Å². The molecule has 1 aromatic rings. The Morgan fingerprint density at radius 3 is 2.77 bits per heavy atom. The van der Waals surface area contributed by atoms with Crippen LogP contribution >= 0.6 is 0 Å². The maximum absolute atomic E-state index is 12.6. The van der Waals surface area contributed by atoms with Crippen LogP contribution in [0.25, 0.3) is 0 Å². The quantitative estimate of drug-likeness (QED) is 0.328. The molecule has 160 valence electrons. The smallest absolute Gasteiger partial charge is 0.338 e. The van der Waals surface area contributed by atoms with Gasteiger partial charge in [-0.25, -0.2) is 4.79 Å². The van der Waals surface area contributed by atoms with Crippen molar-refractivity contribution in [2.45, 2.75) is 74.8 Å². The molecule has 2 N–H and O–H groups in total. The number of carbonyl (C=O) groups excluding carboxylic acids is 1. The average molecular weight is 413 g/mol. The topological polar surface area (TPSA) is 76.9 Å². The number of carbonyl (C=O) groups is 1. The van der Waals surface area contributed by atoms with Gasteiger partial charge in [-0.15, -0.1) is 6.42 Å². The maximum atomic E-state index is 12.6. The van der Waals surface area contributed by atoms with E-state index in [9.17, 15) is 4.79 Å². The third-order valence-corrected chi connectivity index (χ3v) is 6.42. The third kappa shape index (κ3) is 3.91. The second-order valence-corrected chi connectivity index (χ2v) is 8.21. The Balaban J connectivity index is 1.45. The number of rotatable bonds is 4. The summed E-state index contributed by atoms with van der Waals surface area (Å²) in [4.78, 5) is 12.6. The summed E-state index contributed by atoms with van der Waals surface area (Å²) in [5.41, 5.74) is -0.265. The SMILES string of the molecule is C#C[C@@H]1O[C@@H](C2CC[C@@]3(OCC=C[C@@H]3OC(=O)c3ccccc3)O2)CC[C@]1([OH2+])CC. The van der Waals surface area contributed by atoms with Gasteiger partial charge in [0.15, 0.2) is 12.2 Å². The molecule has 4 rings (SSSR count). The van der Waals surface area contributed by atoms with Crippen LogP contribution in [0.1, 0.15) is 49.4 Å². The zero-order valence-corrected chi connectivity index (χ0v) is 17.2. The molecule has 3 heterocycles. The molecular formula is C24H29O6+. The molecule has 1 spiro atoms. The lowest BCUT2D eigenvalue weighted by Crippen LogP contribution is -2.53. The number of benzene rings is 1.